The Morgan fingerprint density at radius 1 is 1.31 bits per heavy atom. The lowest BCUT2D eigenvalue weighted by molar-refractivity contribution is 0.313. The largest absolute Gasteiger partial charge is 0.409 e. The summed E-state index contributed by atoms with van der Waals surface area (Å²) in [6.45, 7) is 7.16. The molecule has 0 saturated carbocycles. The average Bonchev–Trinajstić information content (AvgIpc) is 2.31. The van der Waals surface area contributed by atoms with Crippen molar-refractivity contribution in [2.75, 3.05) is 6.54 Å². The zero-order chi connectivity index (χ0) is 12.4. The third-order valence-electron chi connectivity index (χ3n) is 2.88. The van der Waals surface area contributed by atoms with Crippen LogP contribution in [0.25, 0.3) is 0 Å². The minimum Gasteiger partial charge on any atom is -0.409 e. The molecule has 0 aromatic heterocycles. The van der Waals surface area contributed by atoms with Gasteiger partial charge < -0.3 is 16.3 Å². The van der Waals surface area contributed by atoms with Crippen molar-refractivity contribution in [1.82, 2.24) is 5.32 Å². The maximum Gasteiger partial charge on any atom is 0.143 e. The molecule has 0 heterocycles. The predicted octanol–water partition coefficient (Wildman–Crippen LogP) is 2.32. The fourth-order valence-corrected chi connectivity index (χ4v) is 1.69. The summed E-state index contributed by atoms with van der Waals surface area (Å²) in [5.74, 6) is 0.393. The van der Waals surface area contributed by atoms with Crippen LogP contribution in [-0.2, 0) is 0 Å². The number of rotatable bonds is 9. The second kappa shape index (κ2) is 9.46. The molecule has 0 radical (unpaired) electrons. The predicted molar refractivity (Wildman–Crippen MR) is 68.8 cm³/mol. The fraction of sp³-hybridized carbons (Fsp3) is 0.917. The minimum absolute atomic E-state index is 0.0889. The van der Waals surface area contributed by atoms with Crippen molar-refractivity contribution in [3.05, 3.63) is 0 Å². The highest BCUT2D eigenvalue weighted by Crippen LogP contribution is 2.07. The first-order valence-electron chi connectivity index (χ1n) is 6.36. The topological polar surface area (TPSA) is 70.6 Å². The zero-order valence-electron chi connectivity index (χ0n) is 10.9. The van der Waals surface area contributed by atoms with Crippen molar-refractivity contribution in [1.29, 1.82) is 0 Å². The quantitative estimate of drug-likeness (QED) is 0.246. The number of oxime groups is 1. The molecule has 16 heavy (non-hydrogen) atoms. The van der Waals surface area contributed by atoms with Crippen molar-refractivity contribution in [2.24, 2.45) is 16.8 Å². The van der Waals surface area contributed by atoms with E-state index in [1.165, 1.54) is 32.1 Å². The number of nitrogens with two attached hydrogens (primary N) is 1. The van der Waals surface area contributed by atoms with Gasteiger partial charge in [0.05, 0.1) is 0 Å². The molecule has 4 N–H and O–H groups in total. The molecule has 0 spiro atoms. The van der Waals surface area contributed by atoms with Crippen LogP contribution in [0.3, 0.4) is 0 Å². The van der Waals surface area contributed by atoms with Gasteiger partial charge in [0.1, 0.15) is 5.84 Å². The van der Waals surface area contributed by atoms with Gasteiger partial charge in [0.25, 0.3) is 0 Å². The Kier molecular flexibility index (Phi) is 9.00. The van der Waals surface area contributed by atoms with Crippen LogP contribution in [0.1, 0.15) is 52.9 Å². The van der Waals surface area contributed by atoms with Crippen LogP contribution in [0.2, 0.25) is 0 Å². The summed E-state index contributed by atoms with van der Waals surface area (Å²) in [5.41, 5.74) is 5.54. The van der Waals surface area contributed by atoms with Crippen LogP contribution in [0.5, 0.6) is 0 Å². The highest BCUT2D eigenvalue weighted by molar-refractivity contribution is 5.82. The van der Waals surface area contributed by atoms with E-state index in [0.29, 0.717) is 11.9 Å². The van der Waals surface area contributed by atoms with Gasteiger partial charge in [-0.1, -0.05) is 45.2 Å². The van der Waals surface area contributed by atoms with E-state index in [9.17, 15) is 0 Å². The summed E-state index contributed by atoms with van der Waals surface area (Å²) in [5, 5.41) is 15.1. The van der Waals surface area contributed by atoms with E-state index in [2.05, 4.69) is 24.3 Å². The van der Waals surface area contributed by atoms with Gasteiger partial charge >= 0.3 is 0 Å². The summed E-state index contributed by atoms with van der Waals surface area (Å²) >= 11 is 0. The summed E-state index contributed by atoms with van der Waals surface area (Å²) in [7, 11) is 0. The monoisotopic (exact) mass is 229 g/mol. The Morgan fingerprint density at radius 2 is 2.00 bits per heavy atom. The van der Waals surface area contributed by atoms with E-state index in [-0.39, 0.29) is 5.92 Å². The first kappa shape index (κ1) is 15.2. The molecular formula is C12H27N3O. The summed E-state index contributed by atoms with van der Waals surface area (Å²) in [6.07, 6.45) is 6.10. The van der Waals surface area contributed by atoms with Crippen molar-refractivity contribution in [3.8, 4) is 0 Å². The van der Waals surface area contributed by atoms with E-state index >= 15 is 0 Å². The molecule has 2 atom stereocenters. The van der Waals surface area contributed by atoms with E-state index in [1.54, 1.807) is 0 Å². The summed E-state index contributed by atoms with van der Waals surface area (Å²) < 4.78 is 0. The van der Waals surface area contributed by atoms with Gasteiger partial charge in [-0.05, 0) is 12.8 Å². The van der Waals surface area contributed by atoms with Gasteiger partial charge in [-0.15, -0.1) is 0 Å². The van der Waals surface area contributed by atoms with Gasteiger partial charge in [-0.25, -0.2) is 0 Å². The van der Waals surface area contributed by atoms with Crippen LogP contribution >= 0.6 is 0 Å². The van der Waals surface area contributed by atoms with Crippen molar-refractivity contribution >= 4 is 5.84 Å². The molecule has 0 aliphatic rings. The van der Waals surface area contributed by atoms with Crippen molar-refractivity contribution in [2.45, 2.75) is 58.9 Å². The molecule has 0 rings (SSSR count). The zero-order valence-corrected chi connectivity index (χ0v) is 10.9. The van der Waals surface area contributed by atoms with Crippen LogP contribution in [0, 0.1) is 5.92 Å². The van der Waals surface area contributed by atoms with Gasteiger partial charge in [-0.3, -0.25) is 0 Å². The standard InChI is InChI=1S/C12H27N3O/c1-4-6-8-11(7-5-2)14-9-10(3)12(13)15-16/h10-11,14,16H,4-9H2,1-3H3,(H2,13,15). The second-order valence-electron chi connectivity index (χ2n) is 4.46. The third kappa shape index (κ3) is 6.67. The fourth-order valence-electron chi connectivity index (χ4n) is 1.69. The molecule has 0 saturated heterocycles. The minimum atomic E-state index is 0.0889. The maximum absolute atomic E-state index is 8.55. The smallest absolute Gasteiger partial charge is 0.143 e. The molecule has 0 aromatic carbocycles. The Balaban J connectivity index is 3.90. The van der Waals surface area contributed by atoms with Crippen molar-refractivity contribution in [3.63, 3.8) is 0 Å². The van der Waals surface area contributed by atoms with E-state index < -0.39 is 0 Å². The molecule has 2 unspecified atom stereocenters. The van der Waals surface area contributed by atoms with Crippen LogP contribution in [0.15, 0.2) is 5.16 Å². The highest BCUT2D eigenvalue weighted by atomic mass is 16.4. The normalized spacial score (nSPS) is 16.1. The van der Waals surface area contributed by atoms with Gasteiger partial charge in [-0.2, -0.15) is 0 Å². The van der Waals surface area contributed by atoms with Gasteiger partial charge in [0.2, 0.25) is 0 Å². The lowest BCUT2D eigenvalue weighted by Crippen LogP contribution is -2.37. The number of nitrogens with zero attached hydrogens (tertiary/aromatic N) is 1. The first-order valence-corrected chi connectivity index (χ1v) is 6.36. The highest BCUT2D eigenvalue weighted by Gasteiger charge is 2.11. The number of hydrogen-bond donors (Lipinski definition) is 3. The lowest BCUT2D eigenvalue weighted by Gasteiger charge is -2.20. The molecular weight excluding hydrogens is 202 g/mol. The number of amidine groups is 1. The van der Waals surface area contributed by atoms with Crippen LogP contribution < -0.4 is 11.1 Å². The van der Waals surface area contributed by atoms with Crippen molar-refractivity contribution < 1.29 is 5.21 Å². The molecule has 4 heteroatoms. The summed E-state index contributed by atoms with van der Waals surface area (Å²) in [6, 6.07) is 0.568. The molecule has 0 aromatic rings. The molecule has 4 nitrogen and oxygen atoms in total. The Morgan fingerprint density at radius 3 is 2.50 bits per heavy atom. The average molecular weight is 229 g/mol. The molecule has 0 bridgehead atoms. The Bertz CT molecular complexity index is 195. The number of hydrogen-bond acceptors (Lipinski definition) is 3. The molecule has 0 aliphatic heterocycles. The molecule has 0 aliphatic carbocycles. The van der Waals surface area contributed by atoms with Gasteiger partial charge in [0, 0.05) is 18.5 Å². The molecule has 0 amide bonds. The number of unbranched alkanes of at least 4 members (excludes halogenated alkanes) is 1. The second-order valence-corrected chi connectivity index (χ2v) is 4.46. The van der Waals surface area contributed by atoms with E-state index in [0.717, 1.165) is 6.54 Å². The van der Waals surface area contributed by atoms with E-state index in [4.69, 9.17) is 10.9 Å². The maximum atomic E-state index is 8.55. The molecule has 0 fully saturated rings. The molecule has 96 valence electrons. The lowest BCUT2D eigenvalue weighted by atomic mass is 10.0. The SMILES string of the molecule is CCCCC(CCC)NCC(C)C(N)=NO. The van der Waals surface area contributed by atoms with E-state index in [1.807, 2.05) is 6.92 Å². The summed E-state index contributed by atoms with van der Waals surface area (Å²) in [4.78, 5) is 0. The Hall–Kier alpha value is -0.770. The third-order valence-corrected chi connectivity index (χ3v) is 2.88. The van der Waals surface area contributed by atoms with Crippen LogP contribution in [0.4, 0.5) is 0 Å². The number of nitrogens with one attached hydrogen (secondary N) is 1. The van der Waals surface area contributed by atoms with Crippen LogP contribution in [-0.4, -0.2) is 23.6 Å². The van der Waals surface area contributed by atoms with Gasteiger partial charge in [0.15, 0.2) is 0 Å². The Labute approximate surface area is 99.3 Å². The first-order chi connectivity index (χ1) is 7.65.